The fraction of sp³-hybridized carbons (Fsp3) is 0.0714. The van der Waals surface area contributed by atoms with Gasteiger partial charge in [-0.3, -0.25) is 4.79 Å². The second-order valence-corrected chi connectivity index (χ2v) is 7.23. The van der Waals surface area contributed by atoms with E-state index >= 15 is 0 Å². The quantitative estimate of drug-likeness (QED) is 0.727. The van der Waals surface area contributed by atoms with E-state index in [1.165, 1.54) is 24.3 Å². The molecule has 0 bridgehead atoms. The molecule has 10 heteroatoms. The molecule has 0 aliphatic rings. The van der Waals surface area contributed by atoms with Gasteiger partial charge in [-0.2, -0.15) is 0 Å². The number of nitrogens with one attached hydrogen (secondary N) is 2. The Balaban J connectivity index is 2.03. The minimum absolute atomic E-state index is 0.0718. The van der Waals surface area contributed by atoms with Crippen molar-refractivity contribution in [1.29, 1.82) is 0 Å². The number of hydrogen-bond donors (Lipinski definition) is 2. The van der Waals surface area contributed by atoms with Crippen LogP contribution in [0.5, 0.6) is 0 Å². The maximum absolute atomic E-state index is 13.4. The molecule has 2 aromatic carbocycles. The third-order valence-electron chi connectivity index (χ3n) is 2.86. The fourth-order valence-electron chi connectivity index (χ4n) is 1.67. The molecule has 0 heterocycles. The van der Waals surface area contributed by atoms with Crippen molar-refractivity contribution in [2.24, 2.45) is 0 Å². The first-order valence-corrected chi connectivity index (χ1v) is 8.67. The Kier molecular flexibility index (Phi) is 5.62. The monoisotopic (exact) mass is 422 g/mol. The van der Waals surface area contributed by atoms with E-state index < -0.39 is 45.6 Å². The van der Waals surface area contributed by atoms with Crippen LogP contribution in [0.1, 0.15) is 0 Å². The van der Waals surface area contributed by atoms with Crippen molar-refractivity contribution in [3.63, 3.8) is 0 Å². The van der Waals surface area contributed by atoms with Crippen molar-refractivity contribution < 1.29 is 26.4 Å². The number of carbonyl (C=O) groups excluding carboxylic acids is 1. The minimum Gasteiger partial charge on any atom is -0.322 e. The van der Waals surface area contributed by atoms with Gasteiger partial charge in [-0.1, -0.05) is 15.9 Å². The average Bonchev–Trinajstić information content (AvgIpc) is 2.54. The Morgan fingerprint density at radius 2 is 1.62 bits per heavy atom. The van der Waals surface area contributed by atoms with Crippen LogP contribution in [0.2, 0.25) is 0 Å². The normalized spacial score (nSPS) is 11.3. The molecule has 0 atom stereocenters. The van der Waals surface area contributed by atoms with Gasteiger partial charge in [0.05, 0.1) is 17.1 Å². The zero-order valence-corrected chi connectivity index (χ0v) is 14.2. The molecule has 0 radical (unpaired) electrons. The van der Waals surface area contributed by atoms with E-state index in [4.69, 9.17) is 0 Å². The van der Waals surface area contributed by atoms with Crippen molar-refractivity contribution in [1.82, 2.24) is 4.72 Å². The number of carbonyl (C=O) groups is 1. The Morgan fingerprint density at radius 3 is 2.25 bits per heavy atom. The van der Waals surface area contributed by atoms with E-state index in [9.17, 15) is 26.4 Å². The highest BCUT2D eigenvalue weighted by atomic mass is 79.9. The molecule has 5 nitrogen and oxygen atoms in total. The van der Waals surface area contributed by atoms with Gasteiger partial charge in [0.1, 0.15) is 0 Å². The number of sulfonamides is 1. The highest BCUT2D eigenvalue weighted by molar-refractivity contribution is 9.10. The highest BCUT2D eigenvalue weighted by Gasteiger charge is 2.18. The Hall–Kier alpha value is -1.91. The van der Waals surface area contributed by atoms with Crippen LogP contribution in [0, 0.1) is 17.5 Å². The first-order valence-electron chi connectivity index (χ1n) is 6.39. The molecular formula is C14H10BrF3N2O3S. The first kappa shape index (κ1) is 18.4. The van der Waals surface area contributed by atoms with Crippen molar-refractivity contribution in [2.45, 2.75) is 4.90 Å². The standard InChI is InChI=1S/C14H10BrF3N2O3S/c15-8-1-3-9(4-2-8)24(22,23)19-7-12(21)20-11-6-5-10(16)13(17)14(11)18/h1-6,19H,7H2,(H,20,21). The zero-order valence-electron chi connectivity index (χ0n) is 11.8. The molecule has 128 valence electrons. The lowest BCUT2D eigenvalue weighted by Crippen LogP contribution is -2.33. The molecule has 0 saturated heterocycles. The lowest BCUT2D eigenvalue weighted by atomic mass is 10.3. The van der Waals surface area contributed by atoms with Crippen molar-refractivity contribution in [3.8, 4) is 0 Å². The van der Waals surface area contributed by atoms with E-state index in [2.05, 4.69) is 15.9 Å². The number of rotatable bonds is 5. The number of benzene rings is 2. The first-order chi connectivity index (χ1) is 11.2. The van der Waals surface area contributed by atoms with Crippen LogP contribution in [0.3, 0.4) is 0 Å². The Labute approximate surface area is 144 Å². The van der Waals surface area contributed by atoms with Crippen LogP contribution in [0.15, 0.2) is 45.8 Å². The largest absolute Gasteiger partial charge is 0.322 e. The lowest BCUT2D eigenvalue weighted by Gasteiger charge is -2.09. The van der Waals surface area contributed by atoms with Gasteiger partial charge in [0.15, 0.2) is 17.5 Å². The molecule has 0 spiro atoms. The topological polar surface area (TPSA) is 75.3 Å². The molecule has 24 heavy (non-hydrogen) atoms. The van der Waals surface area contributed by atoms with E-state index in [-0.39, 0.29) is 4.90 Å². The molecule has 1 amide bonds. The van der Waals surface area contributed by atoms with Gasteiger partial charge in [0, 0.05) is 4.47 Å². The van der Waals surface area contributed by atoms with Crippen LogP contribution >= 0.6 is 15.9 Å². The summed E-state index contributed by atoms with van der Waals surface area (Å²) in [5.74, 6) is -5.65. The summed E-state index contributed by atoms with van der Waals surface area (Å²) >= 11 is 3.16. The number of halogens is 4. The Bertz CT molecular complexity index is 874. The van der Waals surface area contributed by atoms with Gasteiger partial charge >= 0.3 is 0 Å². The smallest absolute Gasteiger partial charge is 0.241 e. The van der Waals surface area contributed by atoms with E-state index in [1.54, 1.807) is 0 Å². The summed E-state index contributed by atoms with van der Waals surface area (Å²) < 4.78 is 65.9. The van der Waals surface area contributed by atoms with Gasteiger partial charge in [-0.05, 0) is 36.4 Å². The molecular weight excluding hydrogens is 413 g/mol. The van der Waals surface area contributed by atoms with Crippen molar-refractivity contribution in [2.75, 3.05) is 11.9 Å². The summed E-state index contributed by atoms with van der Waals surface area (Å²) in [5, 5.41) is 1.96. The second-order valence-electron chi connectivity index (χ2n) is 4.55. The fourth-order valence-corrected chi connectivity index (χ4v) is 2.92. The van der Waals surface area contributed by atoms with Gasteiger partial charge < -0.3 is 5.32 Å². The van der Waals surface area contributed by atoms with Crippen LogP contribution in [0.25, 0.3) is 0 Å². The van der Waals surface area contributed by atoms with Crippen molar-refractivity contribution in [3.05, 3.63) is 58.3 Å². The Morgan fingerprint density at radius 1 is 1.00 bits per heavy atom. The SMILES string of the molecule is O=C(CNS(=O)(=O)c1ccc(Br)cc1)Nc1ccc(F)c(F)c1F. The van der Waals surface area contributed by atoms with Gasteiger partial charge in [-0.15, -0.1) is 0 Å². The second kappa shape index (κ2) is 7.32. The molecule has 0 aromatic heterocycles. The van der Waals surface area contributed by atoms with E-state index in [0.29, 0.717) is 10.5 Å². The molecule has 0 saturated carbocycles. The van der Waals surface area contributed by atoms with Gasteiger partial charge in [0.25, 0.3) is 0 Å². The minimum atomic E-state index is -3.95. The molecule has 2 rings (SSSR count). The summed E-state index contributed by atoms with van der Waals surface area (Å²) in [5.41, 5.74) is -0.596. The molecule has 0 aliphatic heterocycles. The van der Waals surface area contributed by atoms with E-state index in [0.717, 1.165) is 6.07 Å². The van der Waals surface area contributed by atoms with Gasteiger partial charge in [-0.25, -0.2) is 26.3 Å². The van der Waals surface area contributed by atoms with Crippen LogP contribution < -0.4 is 10.0 Å². The third-order valence-corrected chi connectivity index (χ3v) is 4.80. The predicted octanol–water partition coefficient (Wildman–Crippen LogP) is 2.78. The molecule has 0 aliphatic carbocycles. The number of amides is 1. The average molecular weight is 423 g/mol. The highest BCUT2D eigenvalue weighted by Crippen LogP contribution is 2.19. The van der Waals surface area contributed by atoms with E-state index in [1.807, 2.05) is 10.0 Å². The summed E-state index contributed by atoms with van der Waals surface area (Å²) in [6.07, 6.45) is 0. The predicted molar refractivity (Wildman–Crippen MR) is 84.3 cm³/mol. The zero-order chi connectivity index (χ0) is 17.9. The molecule has 0 unspecified atom stereocenters. The molecule has 0 fully saturated rings. The van der Waals surface area contributed by atoms with Crippen LogP contribution in [0.4, 0.5) is 18.9 Å². The van der Waals surface area contributed by atoms with Crippen molar-refractivity contribution >= 4 is 37.5 Å². The van der Waals surface area contributed by atoms with Gasteiger partial charge in [0.2, 0.25) is 15.9 Å². The summed E-state index contributed by atoms with van der Waals surface area (Å²) in [6.45, 7) is -0.711. The van der Waals surface area contributed by atoms with Crippen LogP contribution in [-0.4, -0.2) is 20.9 Å². The van der Waals surface area contributed by atoms with Crippen LogP contribution in [-0.2, 0) is 14.8 Å². The maximum Gasteiger partial charge on any atom is 0.241 e. The molecule has 2 aromatic rings. The number of hydrogen-bond acceptors (Lipinski definition) is 3. The lowest BCUT2D eigenvalue weighted by molar-refractivity contribution is -0.115. The third kappa shape index (κ3) is 4.34. The summed E-state index contributed by atoms with van der Waals surface area (Å²) in [7, 11) is -3.95. The maximum atomic E-state index is 13.4. The number of anilines is 1. The summed E-state index contributed by atoms with van der Waals surface area (Å²) in [6, 6.07) is 7.12. The molecule has 2 N–H and O–H groups in total. The summed E-state index contributed by atoms with van der Waals surface area (Å²) in [4.78, 5) is 11.6.